The maximum atomic E-state index is 11.7. The van der Waals surface area contributed by atoms with Crippen LogP contribution in [0.4, 0.5) is 0 Å². The topological polar surface area (TPSA) is 57.0 Å². The summed E-state index contributed by atoms with van der Waals surface area (Å²) in [5, 5.41) is 3.98. The van der Waals surface area contributed by atoms with E-state index in [0.29, 0.717) is 12.3 Å². The monoisotopic (exact) mass is 405 g/mol. The molecular formula is C24H43N3O2. The SMILES string of the molecule is C/C(=C/C(=O)OCCCCCCCCCCCCCCCC(C)C)n1cncn1. The van der Waals surface area contributed by atoms with Crippen LogP contribution >= 0.6 is 0 Å². The third kappa shape index (κ3) is 14.9. The van der Waals surface area contributed by atoms with E-state index in [1.54, 1.807) is 11.0 Å². The molecule has 0 fully saturated rings. The zero-order valence-electron chi connectivity index (χ0n) is 19.1. The predicted octanol–water partition coefficient (Wildman–Crippen LogP) is 6.80. The minimum atomic E-state index is -0.307. The highest BCUT2D eigenvalue weighted by Crippen LogP contribution is 2.14. The molecule has 1 heterocycles. The Morgan fingerprint density at radius 3 is 1.90 bits per heavy atom. The van der Waals surface area contributed by atoms with Gasteiger partial charge in [-0.2, -0.15) is 5.10 Å². The minimum Gasteiger partial charge on any atom is -0.462 e. The van der Waals surface area contributed by atoms with Crippen molar-refractivity contribution in [3.63, 3.8) is 0 Å². The van der Waals surface area contributed by atoms with Gasteiger partial charge >= 0.3 is 5.97 Å². The van der Waals surface area contributed by atoms with Gasteiger partial charge in [-0.1, -0.05) is 97.3 Å². The van der Waals surface area contributed by atoms with Gasteiger partial charge in [0.25, 0.3) is 0 Å². The lowest BCUT2D eigenvalue weighted by molar-refractivity contribution is -0.137. The second-order valence-electron chi connectivity index (χ2n) is 8.57. The molecule has 1 aromatic heterocycles. The number of esters is 1. The van der Waals surface area contributed by atoms with E-state index in [9.17, 15) is 4.79 Å². The molecule has 5 heteroatoms. The molecule has 0 radical (unpaired) electrons. The average molecular weight is 406 g/mol. The molecule has 0 saturated carbocycles. The second-order valence-corrected chi connectivity index (χ2v) is 8.57. The maximum absolute atomic E-state index is 11.7. The smallest absolute Gasteiger partial charge is 0.332 e. The van der Waals surface area contributed by atoms with Crippen LogP contribution in [-0.2, 0) is 9.53 Å². The third-order valence-electron chi connectivity index (χ3n) is 5.28. The van der Waals surface area contributed by atoms with Crippen LogP contribution in [0, 0.1) is 5.92 Å². The highest BCUT2D eigenvalue weighted by Gasteiger charge is 2.02. The number of carbonyl (C=O) groups excluding carboxylic acids is 1. The molecule has 1 aromatic rings. The predicted molar refractivity (Wildman–Crippen MR) is 120 cm³/mol. The number of hydrogen-bond acceptors (Lipinski definition) is 4. The number of unbranched alkanes of at least 4 members (excludes halogenated alkanes) is 12. The van der Waals surface area contributed by atoms with Crippen LogP contribution in [0.3, 0.4) is 0 Å². The van der Waals surface area contributed by atoms with E-state index >= 15 is 0 Å². The highest BCUT2D eigenvalue weighted by atomic mass is 16.5. The molecule has 5 nitrogen and oxygen atoms in total. The van der Waals surface area contributed by atoms with Gasteiger partial charge in [-0.05, 0) is 19.3 Å². The Morgan fingerprint density at radius 2 is 1.41 bits per heavy atom. The number of allylic oxidation sites excluding steroid dienone is 1. The lowest BCUT2D eigenvalue weighted by Gasteiger charge is -2.05. The van der Waals surface area contributed by atoms with Gasteiger partial charge in [0, 0.05) is 11.8 Å². The van der Waals surface area contributed by atoms with E-state index in [1.807, 2.05) is 6.92 Å². The lowest BCUT2D eigenvalue weighted by atomic mass is 10.0. The molecule has 0 aliphatic rings. The maximum Gasteiger partial charge on any atom is 0.332 e. The fourth-order valence-electron chi connectivity index (χ4n) is 3.44. The quantitative estimate of drug-likeness (QED) is 0.153. The summed E-state index contributed by atoms with van der Waals surface area (Å²) in [6, 6.07) is 0. The van der Waals surface area contributed by atoms with Crippen LogP contribution in [0.25, 0.3) is 5.70 Å². The molecule has 0 atom stereocenters. The van der Waals surface area contributed by atoms with E-state index in [1.165, 1.54) is 89.5 Å². The van der Waals surface area contributed by atoms with Crippen molar-refractivity contribution in [3.8, 4) is 0 Å². The Kier molecular flexibility index (Phi) is 15.1. The molecule has 0 amide bonds. The number of ether oxygens (including phenoxy) is 1. The number of rotatable bonds is 18. The molecule has 0 unspecified atom stereocenters. The fraction of sp³-hybridized carbons (Fsp3) is 0.792. The van der Waals surface area contributed by atoms with Crippen LogP contribution in [0.1, 0.15) is 111 Å². The molecular weight excluding hydrogens is 362 g/mol. The Bertz CT molecular complexity index is 538. The van der Waals surface area contributed by atoms with Crippen LogP contribution in [-0.4, -0.2) is 27.3 Å². The van der Waals surface area contributed by atoms with Crippen molar-refractivity contribution in [2.45, 2.75) is 111 Å². The van der Waals surface area contributed by atoms with Crippen LogP contribution in [0.15, 0.2) is 18.7 Å². The van der Waals surface area contributed by atoms with Crippen LogP contribution in [0.5, 0.6) is 0 Å². The number of aromatic nitrogens is 3. The first kappa shape index (κ1) is 25.4. The Morgan fingerprint density at radius 1 is 0.897 bits per heavy atom. The van der Waals surface area contributed by atoms with Crippen molar-refractivity contribution in [1.82, 2.24) is 14.8 Å². The lowest BCUT2D eigenvalue weighted by Crippen LogP contribution is -2.05. The van der Waals surface area contributed by atoms with E-state index in [2.05, 4.69) is 23.9 Å². The van der Waals surface area contributed by atoms with Crippen molar-refractivity contribution in [2.75, 3.05) is 6.61 Å². The zero-order chi connectivity index (χ0) is 21.2. The minimum absolute atomic E-state index is 0.307. The van der Waals surface area contributed by atoms with Gasteiger partial charge < -0.3 is 4.74 Å². The van der Waals surface area contributed by atoms with E-state index in [4.69, 9.17) is 4.74 Å². The summed E-state index contributed by atoms with van der Waals surface area (Å²) >= 11 is 0. The second kappa shape index (κ2) is 17.2. The van der Waals surface area contributed by atoms with E-state index in [-0.39, 0.29) is 5.97 Å². The summed E-state index contributed by atoms with van der Waals surface area (Å²) in [6.45, 7) is 6.94. The zero-order valence-corrected chi connectivity index (χ0v) is 19.1. The fourth-order valence-corrected chi connectivity index (χ4v) is 3.44. The number of hydrogen-bond donors (Lipinski definition) is 0. The molecule has 29 heavy (non-hydrogen) atoms. The summed E-state index contributed by atoms with van der Waals surface area (Å²) in [5.74, 6) is 0.556. The molecule has 0 bridgehead atoms. The number of carbonyl (C=O) groups is 1. The molecule has 0 N–H and O–H groups in total. The van der Waals surface area contributed by atoms with Gasteiger partial charge in [-0.25, -0.2) is 14.5 Å². The highest BCUT2D eigenvalue weighted by molar-refractivity contribution is 5.87. The van der Waals surface area contributed by atoms with Crippen molar-refractivity contribution < 1.29 is 9.53 Å². The third-order valence-corrected chi connectivity index (χ3v) is 5.28. The van der Waals surface area contributed by atoms with Gasteiger partial charge in [-0.3, -0.25) is 0 Å². The van der Waals surface area contributed by atoms with Crippen molar-refractivity contribution in [1.29, 1.82) is 0 Å². The first-order valence-electron chi connectivity index (χ1n) is 11.8. The molecule has 0 aliphatic carbocycles. The summed E-state index contributed by atoms with van der Waals surface area (Å²) in [7, 11) is 0. The Labute approximate surface area is 178 Å². The van der Waals surface area contributed by atoms with Gasteiger partial charge in [0.2, 0.25) is 0 Å². The van der Waals surface area contributed by atoms with Crippen molar-refractivity contribution >= 4 is 11.7 Å². The first-order chi connectivity index (χ1) is 14.1. The van der Waals surface area contributed by atoms with Crippen LogP contribution < -0.4 is 0 Å². The largest absolute Gasteiger partial charge is 0.462 e. The molecule has 0 aliphatic heterocycles. The van der Waals surface area contributed by atoms with Gasteiger partial charge in [-0.15, -0.1) is 0 Å². The molecule has 0 spiro atoms. The Hall–Kier alpha value is -1.65. The van der Waals surface area contributed by atoms with E-state index in [0.717, 1.165) is 18.8 Å². The first-order valence-corrected chi connectivity index (χ1v) is 11.8. The van der Waals surface area contributed by atoms with Crippen LogP contribution in [0.2, 0.25) is 0 Å². The van der Waals surface area contributed by atoms with Gasteiger partial charge in [0.15, 0.2) is 0 Å². The summed E-state index contributed by atoms with van der Waals surface area (Å²) in [5.41, 5.74) is 0.707. The number of nitrogens with zero attached hydrogens (tertiary/aromatic N) is 3. The van der Waals surface area contributed by atoms with Gasteiger partial charge in [0.05, 0.1) is 6.61 Å². The standard InChI is InChI=1S/C24H43N3O2/c1-22(2)17-15-13-11-9-7-5-4-6-8-10-12-14-16-18-29-24(28)19-23(3)27-21-25-20-26-27/h19-22H,4-18H2,1-3H3/b23-19-. The Balaban J connectivity index is 1.81. The summed E-state index contributed by atoms with van der Waals surface area (Å²) in [6.07, 6.45) is 23.1. The molecule has 166 valence electrons. The molecule has 0 aromatic carbocycles. The van der Waals surface area contributed by atoms with Crippen molar-refractivity contribution in [2.24, 2.45) is 5.92 Å². The molecule has 1 rings (SSSR count). The van der Waals surface area contributed by atoms with Crippen molar-refractivity contribution in [3.05, 3.63) is 18.7 Å². The normalized spacial score (nSPS) is 11.9. The van der Waals surface area contributed by atoms with Gasteiger partial charge in [0.1, 0.15) is 12.7 Å². The van der Waals surface area contributed by atoms with E-state index < -0.39 is 0 Å². The summed E-state index contributed by atoms with van der Waals surface area (Å²) in [4.78, 5) is 15.6. The average Bonchev–Trinajstić information content (AvgIpc) is 3.22. The summed E-state index contributed by atoms with van der Waals surface area (Å²) < 4.78 is 6.80. The molecule has 0 saturated heterocycles.